The van der Waals surface area contributed by atoms with Gasteiger partial charge in [-0.05, 0) is 38.0 Å². The maximum Gasteiger partial charge on any atom is 0.269 e. The maximum atomic E-state index is 12.9. The summed E-state index contributed by atoms with van der Waals surface area (Å²) >= 11 is 0. The van der Waals surface area contributed by atoms with Gasteiger partial charge in [-0.2, -0.15) is 15.5 Å². The summed E-state index contributed by atoms with van der Waals surface area (Å²) in [7, 11) is 0. The van der Waals surface area contributed by atoms with E-state index in [0.717, 1.165) is 22.3 Å². The topological polar surface area (TPSA) is 100 Å². The Labute approximate surface area is 174 Å². The smallest absolute Gasteiger partial charge is 0.268 e. The van der Waals surface area contributed by atoms with Crippen LogP contribution in [-0.2, 0) is 11.3 Å². The largest absolute Gasteiger partial charge is 0.269 e. The molecule has 1 aliphatic heterocycles. The van der Waals surface area contributed by atoms with Gasteiger partial charge in [0.2, 0.25) is 0 Å². The van der Waals surface area contributed by atoms with Crippen molar-refractivity contribution in [2.75, 3.05) is 0 Å². The first kappa shape index (κ1) is 19.5. The van der Waals surface area contributed by atoms with Gasteiger partial charge >= 0.3 is 0 Å². The predicted molar refractivity (Wildman–Crippen MR) is 112 cm³/mol. The second kappa shape index (κ2) is 8.25. The Bertz CT molecular complexity index is 1170. The number of benzene rings is 1. The Morgan fingerprint density at radius 2 is 2.17 bits per heavy atom. The lowest BCUT2D eigenvalue weighted by molar-refractivity contribution is -0.129. The molecule has 0 spiro atoms. The first-order chi connectivity index (χ1) is 14.6. The zero-order valence-electron chi connectivity index (χ0n) is 16.7. The number of nitrogens with zero attached hydrogens (tertiary/aromatic N) is 7. The summed E-state index contributed by atoms with van der Waals surface area (Å²) in [5.74, 6) is -0.194. The highest BCUT2D eigenvalue weighted by molar-refractivity contribution is 5.94. The highest BCUT2D eigenvalue weighted by Crippen LogP contribution is 2.28. The molecule has 1 amide bonds. The summed E-state index contributed by atoms with van der Waals surface area (Å²) in [4.78, 5) is 21.5. The second-order valence-corrected chi connectivity index (χ2v) is 7.24. The number of nitriles is 1. The maximum absolute atomic E-state index is 12.9. The third-order valence-electron chi connectivity index (χ3n) is 5.10. The van der Waals surface area contributed by atoms with E-state index in [2.05, 4.69) is 32.8 Å². The molecule has 8 nitrogen and oxygen atoms in total. The van der Waals surface area contributed by atoms with Crippen molar-refractivity contribution in [3.8, 4) is 6.07 Å². The molecule has 0 saturated heterocycles. The molecule has 8 heteroatoms. The van der Waals surface area contributed by atoms with Crippen LogP contribution >= 0.6 is 0 Å². The van der Waals surface area contributed by atoms with Crippen molar-refractivity contribution in [3.05, 3.63) is 65.9 Å². The molecule has 0 aliphatic carbocycles. The molecule has 30 heavy (non-hydrogen) atoms. The summed E-state index contributed by atoms with van der Waals surface area (Å²) in [5, 5.41) is 20.0. The van der Waals surface area contributed by atoms with Crippen molar-refractivity contribution >= 4 is 23.0 Å². The molecule has 1 atom stereocenters. The first-order valence-corrected chi connectivity index (χ1v) is 9.75. The van der Waals surface area contributed by atoms with Crippen LogP contribution in [0.3, 0.4) is 0 Å². The highest BCUT2D eigenvalue weighted by atomic mass is 16.2. The van der Waals surface area contributed by atoms with E-state index in [4.69, 9.17) is 5.26 Å². The zero-order valence-corrected chi connectivity index (χ0v) is 16.7. The number of rotatable bonds is 6. The number of carbonyl (C=O) groups excluding carboxylic acids is 1. The van der Waals surface area contributed by atoms with Crippen LogP contribution < -0.4 is 0 Å². The van der Waals surface area contributed by atoms with Crippen LogP contribution in [0, 0.1) is 18.3 Å². The van der Waals surface area contributed by atoms with E-state index in [9.17, 15) is 4.79 Å². The lowest BCUT2D eigenvalue weighted by atomic mass is 10.1. The lowest BCUT2D eigenvalue weighted by Gasteiger charge is -2.22. The average Bonchev–Trinajstić information content (AvgIpc) is 3.40. The Hall–Kier alpha value is -3.86. The molecule has 2 aromatic heterocycles. The second-order valence-electron chi connectivity index (χ2n) is 7.24. The Morgan fingerprint density at radius 3 is 2.93 bits per heavy atom. The Balaban J connectivity index is 1.37. The number of carbonyl (C=O) groups is 1. The molecule has 3 aromatic rings. The molecule has 0 saturated carbocycles. The van der Waals surface area contributed by atoms with Gasteiger partial charge in [-0.25, -0.2) is 5.01 Å². The van der Waals surface area contributed by atoms with E-state index in [1.807, 2.05) is 23.7 Å². The van der Waals surface area contributed by atoms with Crippen molar-refractivity contribution in [2.45, 2.75) is 38.8 Å². The molecule has 0 fully saturated rings. The van der Waals surface area contributed by atoms with Gasteiger partial charge in [0.15, 0.2) is 0 Å². The number of amides is 1. The van der Waals surface area contributed by atoms with Crippen molar-refractivity contribution in [3.63, 3.8) is 0 Å². The summed E-state index contributed by atoms with van der Waals surface area (Å²) in [5.41, 5.74) is 3.63. The fourth-order valence-corrected chi connectivity index (χ4v) is 3.48. The first-order valence-electron chi connectivity index (χ1n) is 9.75. The minimum atomic E-state index is -0.244. The third-order valence-corrected chi connectivity index (χ3v) is 5.10. The van der Waals surface area contributed by atoms with Gasteiger partial charge in [-0.1, -0.05) is 6.58 Å². The highest BCUT2D eigenvalue weighted by Gasteiger charge is 2.30. The fraction of sp³-hybridized carbons (Fsp3) is 0.273. The lowest BCUT2D eigenvalue weighted by Crippen LogP contribution is -2.29. The number of hydrogen-bond donors (Lipinski definition) is 0. The molecule has 3 heterocycles. The number of aromatic nitrogens is 4. The summed E-state index contributed by atoms with van der Waals surface area (Å²) in [6.07, 6.45) is 8.73. The predicted octanol–water partition coefficient (Wildman–Crippen LogP) is 3.30. The number of fused-ring (bicyclic) bond motifs is 1. The van der Waals surface area contributed by atoms with Crippen LogP contribution in [0.25, 0.3) is 10.9 Å². The summed E-state index contributed by atoms with van der Waals surface area (Å²) in [6, 6.07) is 7.39. The van der Waals surface area contributed by atoms with E-state index in [-0.39, 0.29) is 11.9 Å². The van der Waals surface area contributed by atoms with Gasteiger partial charge in [-0.15, -0.1) is 0 Å². The molecular formula is C22H21N7O. The standard InChI is InChI=1S/C22H21N7O/c1-15(4-3-9-28-20-6-5-17(11-23)10-18(20)13-27-28)22(30)29-21(7-8-26-29)19-14-24-16(2)12-25-19/h5-6,8,10,12-14,21H,1,3-4,7,9H2,2H3. The minimum Gasteiger partial charge on any atom is -0.268 e. The van der Waals surface area contributed by atoms with E-state index in [1.165, 1.54) is 5.01 Å². The summed E-state index contributed by atoms with van der Waals surface area (Å²) in [6.45, 7) is 6.50. The van der Waals surface area contributed by atoms with Gasteiger partial charge in [0.25, 0.3) is 5.91 Å². The van der Waals surface area contributed by atoms with Crippen molar-refractivity contribution < 1.29 is 4.79 Å². The fourth-order valence-electron chi connectivity index (χ4n) is 3.48. The number of aryl methyl sites for hydroxylation is 2. The number of hydrogen-bond acceptors (Lipinski definition) is 6. The van der Waals surface area contributed by atoms with E-state index in [1.54, 1.807) is 30.9 Å². The van der Waals surface area contributed by atoms with Crippen LogP contribution in [-0.4, -0.2) is 36.9 Å². The average molecular weight is 399 g/mol. The van der Waals surface area contributed by atoms with Crippen LogP contribution in [0.2, 0.25) is 0 Å². The molecule has 0 radical (unpaired) electrons. The summed E-state index contributed by atoms with van der Waals surface area (Å²) < 4.78 is 1.88. The quantitative estimate of drug-likeness (QED) is 0.592. The Kier molecular flexibility index (Phi) is 5.35. The van der Waals surface area contributed by atoms with E-state index >= 15 is 0 Å². The van der Waals surface area contributed by atoms with Gasteiger partial charge in [0, 0.05) is 36.3 Å². The van der Waals surface area contributed by atoms with E-state index in [0.29, 0.717) is 36.9 Å². The van der Waals surface area contributed by atoms with Crippen LogP contribution in [0.15, 0.2) is 54.0 Å². The minimum absolute atomic E-state index is 0.194. The van der Waals surface area contributed by atoms with E-state index < -0.39 is 0 Å². The molecule has 1 unspecified atom stereocenters. The zero-order chi connectivity index (χ0) is 21.1. The molecular weight excluding hydrogens is 378 g/mol. The molecule has 150 valence electrons. The monoisotopic (exact) mass is 399 g/mol. The third kappa shape index (κ3) is 3.82. The van der Waals surface area contributed by atoms with Crippen molar-refractivity contribution in [1.82, 2.24) is 24.8 Å². The van der Waals surface area contributed by atoms with Gasteiger partial charge in [0.05, 0.1) is 40.9 Å². The van der Waals surface area contributed by atoms with Crippen LogP contribution in [0.5, 0.6) is 0 Å². The Morgan fingerprint density at radius 1 is 1.30 bits per heavy atom. The van der Waals surface area contributed by atoms with Crippen molar-refractivity contribution in [2.24, 2.45) is 5.10 Å². The van der Waals surface area contributed by atoms with Gasteiger partial charge in [-0.3, -0.25) is 19.4 Å². The molecule has 0 N–H and O–H groups in total. The molecule has 1 aromatic carbocycles. The molecule has 0 bridgehead atoms. The number of hydrazone groups is 1. The molecule has 1 aliphatic rings. The normalized spacial score (nSPS) is 15.5. The van der Waals surface area contributed by atoms with Crippen LogP contribution in [0.4, 0.5) is 0 Å². The van der Waals surface area contributed by atoms with Crippen molar-refractivity contribution in [1.29, 1.82) is 5.26 Å². The molecule has 4 rings (SSSR count). The van der Waals surface area contributed by atoms with Crippen LogP contribution in [0.1, 0.15) is 42.3 Å². The van der Waals surface area contributed by atoms with Gasteiger partial charge < -0.3 is 0 Å². The SMILES string of the molecule is C=C(CCCn1ncc2cc(C#N)ccc21)C(=O)N1N=CCC1c1cnc(C)cn1. The van der Waals surface area contributed by atoms with Gasteiger partial charge in [0.1, 0.15) is 6.04 Å².